The van der Waals surface area contributed by atoms with Gasteiger partial charge in [0.05, 0.1) is 29.9 Å². The number of rotatable bonds is 4. The molecule has 1 amide bonds. The number of amides is 1. The fraction of sp³-hybridized carbons (Fsp3) is 0.440. The van der Waals surface area contributed by atoms with Crippen molar-refractivity contribution in [2.45, 2.75) is 57.0 Å². The molecule has 0 unspecified atom stereocenters. The first-order valence-electron chi connectivity index (χ1n) is 12.3. The third-order valence-corrected chi connectivity index (χ3v) is 7.11. The summed E-state index contributed by atoms with van der Waals surface area (Å²) in [7, 11) is 1.49. The molecule has 0 radical (unpaired) electrons. The number of aromatic nitrogens is 4. The van der Waals surface area contributed by atoms with E-state index in [9.17, 15) is 36.2 Å². The maximum atomic E-state index is 13.6. The first-order chi connectivity index (χ1) is 18.3. The number of tetrazole rings is 1. The molecule has 14 heteroatoms. The Morgan fingerprint density at radius 2 is 1.64 bits per heavy atom. The van der Waals surface area contributed by atoms with Crippen molar-refractivity contribution in [3.05, 3.63) is 63.7 Å². The fourth-order valence-electron chi connectivity index (χ4n) is 5.39. The molecule has 1 N–H and O–H groups in total. The van der Waals surface area contributed by atoms with E-state index < -0.39 is 42.2 Å². The zero-order valence-corrected chi connectivity index (χ0v) is 20.7. The van der Waals surface area contributed by atoms with Crippen molar-refractivity contribution in [1.29, 1.82) is 0 Å². The number of fused-ring (bicyclic) bond motifs is 2. The molecule has 2 aromatic carbocycles. The zero-order chi connectivity index (χ0) is 28.1. The molecule has 0 saturated carbocycles. The molecule has 0 spiro atoms. The average molecular weight is 554 g/mol. The van der Waals surface area contributed by atoms with Gasteiger partial charge in [0, 0.05) is 13.1 Å². The number of hydrogen-bond donors (Lipinski definition) is 1. The van der Waals surface area contributed by atoms with Crippen molar-refractivity contribution >= 4 is 17.7 Å². The Kier molecular flexibility index (Phi) is 6.67. The first-order valence-corrected chi connectivity index (χ1v) is 12.3. The van der Waals surface area contributed by atoms with Crippen LogP contribution in [0.4, 0.5) is 42.8 Å². The number of hydrogen-bond acceptors (Lipinski definition) is 5. The highest BCUT2D eigenvalue weighted by Gasteiger charge is 2.38. The van der Waals surface area contributed by atoms with Gasteiger partial charge < -0.3 is 10.0 Å². The Hall–Kier alpha value is -3.84. The summed E-state index contributed by atoms with van der Waals surface area (Å²) >= 11 is 0. The molecular weight excluding hydrogens is 530 g/mol. The van der Waals surface area contributed by atoms with E-state index in [0.29, 0.717) is 36.2 Å². The lowest BCUT2D eigenvalue weighted by Crippen LogP contribution is -2.31. The van der Waals surface area contributed by atoms with Crippen LogP contribution in [0.15, 0.2) is 30.3 Å². The number of halogens is 6. The van der Waals surface area contributed by atoms with Gasteiger partial charge in [-0.1, -0.05) is 11.2 Å². The predicted octanol–water partition coefficient (Wildman–Crippen LogP) is 5.76. The number of nitrogens with zero attached hydrogens (tertiary/aromatic N) is 6. The predicted molar refractivity (Wildman–Crippen MR) is 127 cm³/mol. The molecule has 2 aliphatic rings. The zero-order valence-electron chi connectivity index (χ0n) is 20.7. The lowest BCUT2D eigenvalue weighted by atomic mass is 9.95. The van der Waals surface area contributed by atoms with Crippen molar-refractivity contribution in [3.8, 4) is 0 Å². The number of alkyl halides is 6. The van der Waals surface area contributed by atoms with Crippen LogP contribution in [0.1, 0.15) is 58.7 Å². The standard InChI is InChI=1S/C25H24F6N6O2/c1-35-33-22(32-34-35)37(13-14-8-17(24(26,27)28)12-18(9-14)25(29,30)31)20-6-3-7-36(23(38)39)21-11-16-5-2-4-15(16)10-19(20)21/h8-12,20H,2-7,13H2,1H3,(H,38,39)/t20-/m1/s1. The molecule has 5 rings (SSSR count). The van der Waals surface area contributed by atoms with Gasteiger partial charge in [-0.3, -0.25) is 4.90 Å². The molecule has 208 valence electrons. The van der Waals surface area contributed by atoms with Gasteiger partial charge in [-0.25, -0.2) is 4.79 Å². The SMILES string of the molecule is Cn1nnc(N(Cc2cc(C(F)(F)F)cc(C(F)(F)F)c2)[C@@H]2CCCN(C(=O)O)c3cc4c(cc32)CCC4)n1. The van der Waals surface area contributed by atoms with E-state index in [1.807, 2.05) is 12.1 Å². The lowest BCUT2D eigenvalue weighted by molar-refractivity contribution is -0.143. The van der Waals surface area contributed by atoms with E-state index >= 15 is 0 Å². The minimum atomic E-state index is -5.00. The molecule has 1 atom stereocenters. The molecule has 0 saturated heterocycles. The number of carboxylic acid groups (broad SMARTS) is 1. The number of carbonyl (C=O) groups is 1. The van der Waals surface area contributed by atoms with E-state index in [2.05, 4.69) is 15.4 Å². The monoisotopic (exact) mass is 554 g/mol. The summed E-state index contributed by atoms with van der Waals surface area (Å²) in [4.78, 5) is 16.0. The highest BCUT2D eigenvalue weighted by atomic mass is 19.4. The van der Waals surface area contributed by atoms with Gasteiger partial charge in [0.1, 0.15) is 0 Å². The van der Waals surface area contributed by atoms with E-state index in [1.54, 1.807) is 0 Å². The van der Waals surface area contributed by atoms with E-state index in [-0.39, 0.29) is 24.1 Å². The smallest absolute Gasteiger partial charge is 0.416 e. The van der Waals surface area contributed by atoms with Crippen molar-refractivity contribution < 1.29 is 36.2 Å². The summed E-state index contributed by atoms with van der Waals surface area (Å²) in [5.41, 5.74) is 0.0253. The van der Waals surface area contributed by atoms with Crippen molar-refractivity contribution in [2.75, 3.05) is 16.3 Å². The second-order valence-corrected chi connectivity index (χ2v) is 9.75. The summed E-state index contributed by atoms with van der Waals surface area (Å²) in [6.45, 7) is -0.214. The van der Waals surface area contributed by atoms with Crippen LogP contribution in [-0.4, -0.2) is 38.0 Å². The summed E-state index contributed by atoms with van der Waals surface area (Å²) in [5, 5.41) is 21.9. The van der Waals surface area contributed by atoms with Gasteiger partial charge in [-0.05, 0) is 83.8 Å². The van der Waals surface area contributed by atoms with Gasteiger partial charge in [0.25, 0.3) is 5.95 Å². The lowest BCUT2D eigenvalue weighted by Gasteiger charge is -2.32. The minimum Gasteiger partial charge on any atom is -0.465 e. The van der Waals surface area contributed by atoms with Crippen molar-refractivity contribution in [3.63, 3.8) is 0 Å². The largest absolute Gasteiger partial charge is 0.465 e. The normalized spacial score (nSPS) is 17.5. The maximum Gasteiger partial charge on any atom is 0.416 e. The van der Waals surface area contributed by atoms with Crippen LogP contribution in [0.5, 0.6) is 0 Å². The van der Waals surface area contributed by atoms with Crippen molar-refractivity contribution in [1.82, 2.24) is 20.2 Å². The van der Waals surface area contributed by atoms with Crippen LogP contribution in [0.2, 0.25) is 0 Å². The number of benzene rings is 2. The Morgan fingerprint density at radius 1 is 1.00 bits per heavy atom. The highest BCUT2D eigenvalue weighted by molar-refractivity contribution is 5.88. The van der Waals surface area contributed by atoms with Crippen LogP contribution in [0.25, 0.3) is 0 Å². The maximum absolute atomic E-state index is 13.6. The topological polar surface area (TPSA) is 87.4 Å². The van der Waals surface area contributed by atoms with Crippen LogP contribution in [0, 0.1) is 0 Å². The quantitative estimate of drug-likeness (QED) is 0.413. The second kappa shape index (κ2) is 9.72. The highest BCUT2D eigenvalue weighted by Crippen LogP contribution is 2.43. The molecule has 0 fully saturated rings. The molecule has 2 heterocycles. The van der Waals surface area contributed by atoms with Gasteiger partial charge in [-0.15, -0.1) is 5.10 Å². The van der Waals surface area contributed by atoms with Crippen LogP contribution in [0.3, 0.4) is 0 Å². The summed E-state index contributed by atoms with van der Waals surface area (Å²) in [6.07, 6.45) is -7.91. The Morgan fingerprint density at radius 3 is 2.21 bits per heavy atom. The van der Waals surface area contributed by atoms with Crippen LogP contribution in [-0.2, 0) is 38.8 Å². The van der Waals surface area contributed by atoms with Gasteiger partial charge in [0.15, 0.2) is 0 Å². The summed E-state index contributed by atoms with van der Waals surface area (Å²) in [5.74, 6) is 0.00342. The average Bonchev–Trinajstić information content (AvgIpc) is 3.44. The van der Waals surface area contributed by atoms with E-state index in [1.165, 1.54) is 16.8 Å². The van der Waals surface area contributed by atoms with Crippen LogP contribution < -0.4 is 9.80 Å². The molecule has 1 aliphatic heterocycles. The molecule has 0 bridgehead atoms. The summed E-state index contributed by atoms with van der Waals surface area (Å²) in [6, 6.07) is 4.55. The number of aryl methyl sites for hydroxylation is 3. The Labute approximate surface area is 218 Å². The fourth-order valence-corrected chi connectivity index (χ4v) is 5.39. The molecule has 8 nitrogen and oxygen atoms in total. The summed E-state index contributed by atoms with van der Waals surface area (Å²) < 4.78 is 81.4. The molecule has 3 aromatic rings. The first kappa shape index (κ1) is 26.8. The molecule has 39 heavy (non-hydrogen) atoms. The van der Waals surface area contributed by atoms with Crippen LogP contribution >= 0.6 is 0 Å². The van der Waals surface area contributed by atoms with Gasteiger partial charge >= 0.3 is 18.4 Å². The Bertz CT molecular complexity index is 1370. The van der Waals surface area contributed by atoms with Gasteiger partial charge in [-0.2, -0.15) is 31.1 Å². The Balaban J connectivity index is 1.65. The van der Waals surface area contributed by atoms with Gasteiger partial charge in [0.2, 0.25) is 0 Å². The number of anilines is 2. The van der Waals surface area contributed by atoms with E-state index in [0.717, 1.165) is 35.2 Å². The van der Waals surface area contributed by atoms with Crippen molar-refractivity contribution in [2.24, 2.45) is 7.05 Å². The minimum absolute atomic E-state index is 0.00342. The molecular formula is C25H24F6N6O2. The third-order valence-electron chi connectivity index (χ3n) is 7.11. The second-order valence-electron chi connectivity index (χ2n) is 9.75. The molecule has 1 aromatic heterocycles. The van der Waals surface area contributed by atoms with E-state index in [4.69, 9.17) is 0 Å². The third kappa shape index (κ3) is 5.36. The molecule has 1 aliphatic carbocycles.